The quantitative estimate of drug-likeness (QED) is 0.450. The van der Waals surface area contributed by atoms with Crippen LogP contribution in [0.5, 0.6) is 0 Å². The van der Waals surface area contributed by atoms with Gasteiger partial charge in [0.15, 0.2) is 5.78 Å². The van der Waals surface area contributed by atoms with Crippen LogP contribution in [0.3, 0.4) is 0 Å². The monoisotopic (exact) mass is 452 g/mol. The lowest BCUT2D eigenvalue weighted by Crippen LogP contribution is -2.65. The maximum atomic E-state index is 12.8. The third-order valence-corrected chi connectivity index (χ3v) is 11.0. The average molecular weight is 453 g/mol. The van der Waals surface area contributed by atoms with Crippen LogP contribution in [0.4, 0.5) is 0 Å². The molecule has 0 aromatic carbocycles. The van der Waals surface area contributed by atoms with Gasteiger partial charge in [-0.15, -0.1) is 0 Å². The Bertz CT molecular complexity index is 984. The summed E-state index contributed by atoms with van der Waals surface area (Å²) in [6.45, 7) is 13.2. The molecule has 0 amide bonds. The maximum Gasteiger partial charge on any atom is 0.334 e. The molecule has 4 nitrogen and oxygen atoms in total. The van der Waals surface area contributed by atoms with Gasteiger partial charge in [-0.05, 0) is 92.6 Å². The lowest BCUT2D eigenvalue weighted by atomic mass is 9.37. The molecule has 9 atom stereocenters. The van der Waals surface area contributed by atoms with Crippen LogP contribution in [0.2, 0.25) is 0 Å². The Morgan fingerprint density at radius 1 is 1.21 bits per heavy atom. The number of allylic oxidation sites excluding steroid dienone is 4. The fourth-order valence-corrected chi connectivity index (χ4v) is 9.05. The van der Waals surface area contributed by atoms with E-state index in [1.807, 2.05) is 13.0 Å². The minimum absolute atomic E-state index is 0.0435. The molecule has 0 unspecified atom stereocenters. The molecule has 1 heterocycles. The molecule has 0 radical (unpaired) electrons. The second-order valence-corrected chi connectivity index (χ2v) is 12.5. The standard InChI is InChI=1S/C29H40O4/c1-16(2)8-7-9-18-25-19-10-11-23-27(4)13-12-21(30)17(3)20(27)14-24(31)29(23,6)28(19,5)15-22(25)33-26(18)32/h8,12-13,17,19-20,22-24,31H,7,9-11,14-15H2,1-6H3/t17-,19-,20-,22-,23-,24+,27-,28-,29+/m0/s1. The van der Waals surface area contributed by atoms with Crippen molar-refractivity contribution in [3.8, 4) is 0 Å². The first-order chi connectivity index (χ1) is 15.4. The number of hydrogen-bond donors (Lipinski definition) is 1. The average Bonchev–Trinajstić information content (AvgIpc) is 3.19. The number of hydrogen-bond acceptors (Lipinski definition) is 4. The number of ketones is 1. The van der Waals surface area contributed by atoms with E-state index >= 15 is 0 Å². The summed E-state index contributed by atoms with van der Waals surface area (Å²) in [5.74, 6) is 0.792. The summed E-state index contributed by atoms with van der Waals surface area (Å²) in [6.07, 6.45) is 10.7. The number of ether oxygens (including phenoxy) is 1. The van der Waals surface area contributed by atoms with Crippen molar-refractivity contribution in [2.24, 2.45) is 39.9 Å². The topological polar surface area (TPSA) is 63.6 Å². The zero-order valence-corrected chi connectivity index (χ0v) is 21.1. The minimum atomic E-state index is -0.459. The van der Waals surface area contributed by atoms with Crippen molar-refractivity contribution in [3.05, 3.63) is 34.9 Å². The van der Waals surface area contributed by atoms with Gasteiger partial charge in [-0.2, -0.15) is 0 Å². The van der Waals surface area contributed by atoms with Gasteiger partial charge in [0.25, 0.3) is 0 Å². The van der Waals surface area contributed by atoms with E-state index in [-0.39, 0.29) is 51.9 Å². The predicted molar refractivity (Wildman–Crippen MR) is 128 cm³/mol. The van der Waals surface area contributed by atoms with E-state index in [0.29, 0.717) is 12.3 Å². The number of rotatable bonds is 3. The van der Waals surface area contributed by atoms with Crippen molar-refractivity contribution < 1.29 is 19.4 Å². The lowest BCUT2D eigenvalue weighted by molar-refractivity contribution is -0.218. The number of fused-ring (bicyclic) bond motifs is 7. The van der Waals surface area contributed by atoms with E-state index < -0.39 is 6.10 Å². The van der Waals surface area contributed by atoms with Crippen LogP contribution in [0.25, 0.3) is 0 Å². The molecule has 0 aromatic rings. The first-order valence-corrected chi connectivity index (χ1v) is 12.9. The first-order valence-electron chi connectivity index (χ1n) is 12.9. The Balaban J connectivity index is 1.56. The number of esters is 1. The molecule has 33 heavy (non-hydrogen) atoms. The Morgan fingerprint density at radius 2 is 1.94 bits per heavy atom. The zero-order chi connectivity index (χ0) is 23.9. The van der Waals surface area contributed by atoms with Crippen LogP contribution >= 0.6 is 0 Å². The Kier molecular flexibility index (Phi) is 5.18. The van der Waals surface area contributed by atoms with Gasteiger partial charge in [0.1, 0.15) is 6.10 Å². The summed E-state index contributed by atoms with van der Waals surface area (Å²) < 4.78 is 5.96. The highest BCUT2D eigenvalue weighted by atomic mass is 16.5. The molecule has 4 heteroatoms. The molecule has 0 saturated heterocycles. The molecule has 4 aliphatic carbocycles. The number of aliphatic hydroxyl groups is 1. The normalized spacial score (nSPS) is 48.1. The SMILES string of the molecule is CC(C)=CCCC1=C2[C@H](C[C@@]3(C)[C@H]2CC[C@H]2[C@@]4(C)C=CC(=O)[C@@H](C)[C@@H]4C[C@@H](O)[C@@]23C)OC1=O. The van der Waals surface area contributed by atoms with Crippen molar-refractivity contribution in [2.45, 2.75) is 92.3 Å². The summed E-state index contributed by atoms with van der Waals surface area (Å²) in [5, 5.41) is 11.7. The van der Waals surface area contributed by atoms with E-state index in [0.717, 1.165) is 37.7 Å². The van der Waals surface area contributed by atoms with Gasteiger partial charge >= 0.3 is 5.97 Å². The lowest BCUT2D eigenvalue weighted by Gasteiger charge is -2.67. The van der Waals surface area contributed by atoms with Crippen molar-refractivity contribution in [1.82, 2.24) is 0 Å². The van der Waals surface area contributed by atoms with Gasteiger partial charge < -0.3 is 9.84 Å². The smallest absolute Gasteiger partial charge is 0.334 e. The van der Waals surface area contributed by atoms with Gasteiger partial charge in [0.05, 0.1) is 6.10 Å². The van der Waals surface area contributed by atoms with Gasteiger partial charge in [0.2, 0.25) is 0 Å². The van der Waals surface area contributed by atoms with E-state index in [1.165, 1.54) is 11.1 Å². The molecule has 1 N–H and O–H groups in total. The van der Waals surface area contributed by atoms with Crippen molar-refractivity contribution in [3.63, 3.8) is 0 Å². The predicted octanol–water partition coefficient (Wildman–Crippen LogP) is 5.56. The molecule has 5 aliphatic rings. The van der Waals surface area contributed by atoms with Gasteiger partial charge in [-0.25, -0.2) is 4.79 Å². The Morgan fingerprint density at radius 3 is 2.64 bits per heavy atom. The van der Waals surface area contributed by atoms with Gasteiger partial charge in [-0.1, -0.05) is 45.4 Å². The van der Waals surface area contributed by atoms with E-state index in [9.17, 15) is 14.7 Å². The maximum absolute atomic E-state index is 12.8. The van der Waals surface area contributed by atoms with Crippen LogP contribution in [0.15, 0.2) is 34.9 Å². The highest BCUT2D eigenvalue weighted by Crippen LogP contribution is 2.74. The third-order valence-electron chi connectivity index (χ3n) is 11.0. The van der Waals surface area contributed by atoms with Crippen LogP contribution in [0, 0.1) is 39.9 Å². The molecule has 3 fully saturated rings. The molecule has 3 saturated carbocycles. The fourth-order valence-electron chi connectivity index (χ4n) is 9.05. The van der Waals surface area contributed by atoms with Crippen LogP contribution in [-0.2, 0) is 14.3 Å². The van der Waals surface area contributed by atoms with Gasteiger partial charge in [-0.3, -0.25) is 4.79 Å². The van der Waals surface area contributed by atoms with Gasteiger partial charge in [0, 0.05) is 16.9 Å². The molecule has 5 rings (SSSR count). The summed E-state index contributed by atoms with van der Waals surface area (Å²) in [4.78, 5) is 25.3. The summed E-state index contributed by atoms with van der Waals surface area (Å²) in [6, 6.07) is 0. The zero-order valence-electron chi connectivity index (χ0n) is 21.1. The van der Waals surface area contributed by atoms with Crippen LogP contribution in [0.1, 0.15) is 80.1 Å². The van der Waals surface area contributed by atoms with Crippen molar-refractivity contribution >= 4 is 11.8 Å². The van der Waals surface area contributed by atoms with Crippen LogP contribution < -0.4 is 0 Å². The van der Waals surface area contributed by atoms with Crippen LogP contribution in [-0.4, -0.2) is 29.1 Å². The van der Waals surface area contributed by atoms with Crippen molar-refractivity contribution in [1.29, 1.82) is 0 Å². The molecule has 0 spiro atoms. The van der Waals surface area contributed by atoms with Crippen molar-refractivity contribution in [2.75, 3.05) is 0 Å². The minimum Gasteiger partial charge on any atom is -0.454 e. The molecule has 180 valence electrons. The largest absolute Gasteiger partial charge is 0.454 e. The number of carbonyl (C=O) groups is 2. The summed E-state index contributed by atoms with van der Waals surface area (Å²) >= 11 is 0. The van der Waals surface area contributed by atoms with E-state index in [1.54, 1.807) is 0 Å². The molecule has 1 aliphatic heterocycles. The summed E-state index contributed by atoms with van der Waals surface area (Å²) in [7, 11) is 0. The molecular weight excluding hydrogens is 412 g/mol. The Labute approximate surface area is 198 Å². The highest BCUT2D eigenvalue weighted by molar-refractivity contribution is 5.93. The fraction of sp³-hybridized carbons (Fsp3) is 0.724. The molecule has 0 aromatic heterocycles. The third kappa shape index (κ3) is 2.92. The Hall–Kier alpha value is -1.68. The van der Waals surface area contributed by atoms with E-state index in [2.05, 4.69) is 46.8 Å². The second kappa shape index (κ2) is 7.41. The number of aliphatic hydroxyl groups excluding tert-OH is 1. The number of carbonyl (C=O) groups excluding carboxylic acids is 2. The highest BCUT2D eigenvalue weighted by Gasteiger charge is 2.71. The second-order valence-electron chi connectivity index (χ2n) is 12.5. The van der Waals surface area contributed by atoms with E-state index in [4.69, 9.17) is 4.74 Å². The summed E-state index contributed by atoms with van der Waals surface area (Å²) in [5.41, 5.74) is 2.90. The molecular formula is C29H40O4. The molecule has 0 bridgehead atoms. The first kappa shape index (κ1) is 23.1.